The normalized spacial score (nSPS) is 26.0. The molecule has 1 aromatic rings. The van der Waals surface area contributed by atoms with Gasteiger partial charge in [-0.1, -0.05) is 15.9 Å². The number of hydrogen-bond acceptors (Lipinski definition) is 4. The monoisotopic (exact) mass is 338 g/mol. The van der Waals surface area contributed by atoms with Crippen LogP contribution in [0.3, 0.4) is 0 Å². The predicted octanol–water partition coefficient (Wildman–Crippen LogP) is 2.44. The molecule has 1 aromatic heterocycles. The summed E-state index contributed by atoms with van der Waals surface area (Å²) in [5, 5.41) is 0.773. The molecule has 0 saturated heterocycles. The number of alkyl halides is 1. The molecule has 1 fully saturated rings. The quantitative estimate of drug-likeness (QED) is 0.861. The van der Waals surface area contributed by atoms with Crippen LogP contribution in [0.4, 0.5) is 0 Å². The zero-order valence-electron chi connectivity index (χ0n) is 9.52. The van der Waals surface area contributed by atoms with Gasteiger partial charge in [-0.3, -0.25) is 0 Å². The zero-order chi connectivity index (χ0) is 12.5. The fraction of sp³-hybridized carbons (Fsp3) is 0.700. The van der Waals surface area contributed by atoms with E-state index in [0.29, 0.717) is 9.04 Å². The summed E-state index contributed by atoms with van der Waals surface area (Å²) in [6, 6.07) is 0.0659. The van der Waals surface area contributed by atoms with Gasteiger partial charge in [-0.15, -0.1) is 11.3 Å². The van der Waals surface area contributed by atoms with Gasteiger partial charge in [-0.2, -0.15) is 0 Å². The molecule has 1 heterocycles. The fourth-order valence-electron chi connectivity index (χ4n) is 1.91. The lowest BCUT2D eigenvalue weighted by Crippen LogP contribution is -2.37. The number of rotatable bonds is 3. The molecule has 0 amide bonds. The Morgan fingerprint density at radius 2 is 2.06 bits per heavy atom. The fourth-order valence-corrected chi connectivity index (χ4v) is 4.87. The van der Waals surface area contributed by atoms with Crippen molar-refractivity contribution in [2.75, 3.05) is 0 Å². The van der Waals surface area contributed by atoms with E-state index in [0.717, 1.165) is 30.7 Å². The molecule has 17 heavy (non-hydrogen) atoms. The first-order valence-corrected chi connectivity index (χ1v) is 8.78. The van der Waals surface area contributed by atoms with Crippen LogP contribution < -0.4 is 4.72 Å². The molecular weight excluding hydrogens is 324 g/mol. The van der Waals surface area contributed by atoms with Gasteiger partial charge in [0.05, 0.1) is 11.2 Å². The minimum atomic E-state index is -3.37. The average molecular weight is 339 g/mol. The lowest BCUT2D eigenvalue weighted by atomic mass is 9.96. The van der Waals surface area contributed by atoms with Crippen molar-refractivity contribution in [3.63, 3.8) is 0 Å². The van der Waals surface area contributed by atoms with E-state index >= 15 is 0 Å². The number of aromatic nitrogens is 1. The molecule has 1 saturated carbocycles. The van der Waals surface area contributed by atoms with Gasteiger partial charge in [-0.05, 0) is 32.6 Å². The van der Waals surface area contributed by atoms with Crippen molar-refractivity contribution in [2.45, 2.75) is 47.7 Å². The van der Waals surface area contributed by atoms with Crippen LogP contribution in [-0.4, -0.2) is 24.3 Å². The van der Waals surface area contributed by atoms with E-state index in [-0.39, 0.29) is 6.04 Å². The lowest BCUT2D eigenvalue weighted by Gasteiger charge is -2.25. The Morgan fingerprint density at radius 1 is 1.41 bits per heavy atom. The van der Waals surface area contributed by atoms with Crippen LogP contribution in [0.1, 0.15) is 30.7 Å². The van der Waals surface area contributed by atoms with E-state index < -0.39 is 10.0 Å². The van der Waals surface area contributed by atoms with Crippen molar-refractivity contribution >= 4 is 37.3 Å². The first-order chi connectivity index (χ1) is 7.97. The summed E-state index contributed by atoms with van der Waals surface area (Å²) in [6.45, 7) is 1.81. The van der Waals surface area contributed by atoms with Crippen molar-refractivity contribution in [1.82, 2.24) is 9.71 Å². The lowest BCUT2D eigenvalue weighted by molar-refractivity contribution is 0.423. The summed E-state index contributed by atoms with van der Waals surface area (Å²) in [7, 11) is -3.37. The van der Waals surface area contributed by atoms with Gasteiger partial charge in [-0.25, -0.2) is 18.1 Å². The summed E-state index contributed by atoms with van der Waals surface area (Å²) in [4.78, 5) is 4.52. The van der Waals surface area contributed by atoms with Crippen LogP contribution in [0.25, 0.3) is 0 Å². The number of sulfonamides is 1. The second kappa shape index (κ2) is 5.34. The Morgan fingerprint density at radius 3 is 2.59 bits per heavy atom. The number of halogens is 1. The molecule has 2 rings (SSSR count). The first-order valence-electron chi connectivity index (χ1n) is 5.56. The second-order valence-electron chi connectivity index (χ2n) is 4.27. The molecule has 7 heteroatoms. The Kier molecular flexibility index (Phi) is 4.22. The van der Waals surface area contributed by atoms with Crippen LogP contribution >= 0.6 is 27.3 Å². The molecule has 0 aliphatic heterocycles. The highest BCUT2D eigenvalue weighted by Crippen LogP contribution is 2.26. The Labute approximate surface area is 114 Å². The molecule has 0 spiro atoms. The summed E-state index contributed by atoms with van der Waals surface area (Å²) in [6.07, 6.45) is 5.27. The maximum atomic E-state index is 12.0. The van der Waals surface area contributed by atoms with Crippen molar-refractivity contribution in [2.24, 2.45) is 0 Å². The van der Waals surface area contributed by atoms with Gasteiger partial charge in [0.25, 0.3) is 10.0 Å². The van der Waals surface area contributed by atoms with Gasteiger partial charge in [0.15, 0.2) is 4.21 Å². The van der Waals surface area contributed by atoms with Crippen molar-refractivity contribution in [3.05, 3.63) is 11.2 Å². The molecule has 0 radical (unpaired) electrons. The maximum absolute atomic E-state index is 12.0. The molecular formula is C10H15BrN2O2S2. The zero-order valence-corrected chi connectivity index (χ0v) is 12.7. The third-order valence-corrected chi connectivity index (χ3v) is 6.65. The van der Waals surface area contributed by atoms with Crippen molar-refractivity contribution < 1.29 is 8.42 Å². The number of aryl methyl sites for hydroxylation is 1. The Balaban J connectivity index is 2.03. The highest BCUT2D eigenvalue weighted by Gasteiger charge is 2.25. The summed E-state index contributed by atoms with van der Waals surface area (Å²) in [5.74, 6) is 0. The second-order valence-corrected chi connectivity index (χ2v) is 8.74. The number of thiazole rings is 1. The topological polar surface area (TPSA) is 59.1 Å². The summed E-state index contributed by atoms with van der Waals surface area (Å²) < 4.78 is 27.2. The van der Waals surface area contributed by atoms with Gasteiger partial charge < -0.3 is 0 Å². The summed E-state index contributed by atoms with van der Waals surface area (Å²) >= 11 is 4.77. The van der Waals surface area contributed by atoms with E-state index in [9.17, 15) is 8.42 Å². The molecule has 0 aromatic carbocycles. The van der Waals surface area contributed by atoms with Crippen LogP contribution in [0.15, 0.2) is 10.4 Å². The molecule has 1 N–H and O–H groups in total. The molecule has 1 aliphatic rings. The third kappa shape index (κ3) is 3.49. The van der Waals surface area contributed by atoms with Crippen LogP contribution in [0.5, 0.6) is 0 Å². The van der Waals surface area contributed by atoms with Crippen LogP contribution in [0, 0.1) is 6.92 Å². The number of nitrogens with one attached hydrogen (secondary N) is 1. The highest BCUT2D eigenvalue weighted by atomic mass is 79.9. The molecule has 4 nitrogen and oxygen atoms in total. The maximum Gasteiger partial charge on any atom is 0.251 e. The van der Waals surface area contributed by atoms with Gasteiger partial charge in [0.1, 0.15) is 0 Å². The van der Waals surface area contributed by atoms with Crippen molar-refractivity contribution in [3.8, 4) is 0 Å². The minimum absolute atomic E-state index is 0.0659. The SMILES string of the molecule is Cc1ncc(S(=O)(=O)NC2CCC(Br)CC2)s1. The third-order valence-electron chi connectivity index (χ3n) is 2.84. The van der Waals surface area contributed by atoms with E-state index in [1.165, 1.54) is 17.5 Å². The van der Waals surface area contributed by atoms with E-state index in [2.05, 4.69) is 25.6 Å². The Bertz CT molecular complexity index is 478. The first kappa shape index (κ1) is 13.5. The Hall–Kier alpha value is 0.0200. The molecule has 0 bridgehead atoms. The molecule has 1 aliphatic carbocycles. The highest BCUT2D eigenvalue weighted by molar-refractivity contribution is 9.09. The molecule has 96 valence electrons. The van der Waals surface area contributed by atoms with E-state index in [4.69, 9.17) is 0 Å². The standard InChI is InChI=1S/C10H15BrN2O2S2/c1-7-12-6-10(16-7)17(14,15)13-9-4-2-8(11)3-5-9/h6,8-9,13H,2-5H2,1H3. The van der Waals surface area contributed by atoms with Crippen LogP contribution in [0.2, 0.25) is 0 Å². The average Bonchev–Trinajstić information content (AvgIpc) is 2.69. The van der Waals surface area contributed by atoms with Gasteiger partial charge in [0, 0.05) is 10.9 Å². The van der Waals surface area contributed by atoms with Gasteiger partial charge >= 0.3 is 0 Å². The minimum Gasteiger partial charge on any atom is -0.249 e. The van der Waals surface area contributed by atoms with Crippen LogP contribution in [-0.2, 0) is 10.0 Å². The van der Waals surface area contributed by atoms with E-state index in [1.54, 1.807) is 6.92 Å². The predicted molar refractivity (Wildman–Crippen MR) is 72.1 cm³/mol. The molecule has 0 unspecified atom stereocenters. The number of nitrogens with zero attached hydrogens (tertiary/aromatic N) is 1. The smallest absolute Gasteiger partial charge is 0.249 e. The van der Waals surface area contributed by atoms with E-state index in [1.807, 2.05) is 0 Å². The largest absolute Gasteiger partial charge is 0.251 e. The van der Waals surface area contributed by atoms with Gasteiger partial charge in [0.2, 0.25) is 0 Å². The summed E-state index contributed by atoms with van der Waals surface area (Å²) in [5.41, 5.74) is 0. The number of hydrogen-bond donors (Lipinski definition) is 1. The molecule has 0 atom stereocenters. The van der Waals surface area contributed by atoms with Crippen molar-refractivity contribution in [1.29, 1.82) is 0 Å².